The van der Waals surface area contributed by atoms with Gasteiger partial charge in [-0.3, -0.25) is 0 Å². The molecule has 14 heavy (non-hydrogen) atoms. The highest BCUT2D eigenvalue weighted by Gasteiger charge is 2.07. The molecule has 0 spiro atoms. The van der Waals surface area contributed by atoms with Crippen LogP contribution in [0.15, 0.2) is 12.1 Å². The number of aliphatic hydroxyl groups excluding tert-OH is 1. The molecule has 0 amide bonds. The number of benzene rings is 1. The fraction of sp³-hybridized carbons (Fsp3) is 0.500. The van der Waals surface area contributed by atoms with Gasteiger partial charge in [0.2, 0.25) is 0 Å². The van der Waals surface area contributed by atoms with Gasteiger partial charge in [0.05, 0.1) is 6.10 Å². The van der Waals surface area contributed by atoms with E-state index in [2.05, 4.69) is 32.9 Å². The van der Waals surface area contributed by atoms with Crippen molar-refractivity contribution >= 4 is 11.6 Å². The third-order valence-electron chi connectivity index (χ3n) is 2.59. The molecule has 1 atom stereocenters. The molecule has 2 heteroatoms. The number of hydrogen-bond acceptors (Lipinski definition) is 1. The van der Waals surface area contributed by atoms with E-state index in [4.69, 9.17) is 11.6 Å². The summed E-state index contributed by atoms with van der Waals surface area (Å²) in [6.07, 6.45) is 0.216. The average Bonchev–Trinajstić information content (AvgIpc) is 2.14. The first-order valence-corrected chi connectivity index (χ1v) is 5.38. The van der Waals surface area contributed by atoms with Crippen LogP contribution in [-0.4, -0.2) is 17.1 Å². The Morgan fingerprint density at radius 2 is 1.71 bits per heavy atom. The highest BCUT2D eigenvalue weighted by Crippen LogP contribution is 2.17. The van der Waals surface area contributed by atoms with E-state index in [1.165, 1.54) is 22.3 Å². The van der Waals surface area contributed by atoms with Gasteiger partial charge in [0.1, 0.15) is 0 Å². The normalized spacial score (nSPS) is 12.9. The fourth-order valence-electron chi connectivity index (χ4n) is 1.55. The predicted octanol–water partition coefficient (Wildman–Crippen LogP) is 2.75. The summed E-state index contributed by atoms with van der Waals surface area (Å²) in [5.74, 6) is 0.298. The molecule has 0 aliphatic heterocycles. The monoisotopic (exact) mass is 212 g/mol. The molecule has 1 aromatic carbocycles. The summed E-state index contributed by atoms with van der Waals surface area (Å²) < 4.78 is 0. The van der Waals surface area contributed by atoms with Gasteiger partial charge in [-0.1, -0.05) is 12.1 Å². The first-order chi connectivity index (χ1) is 6.54. The SMILES string of the molecule is Cc1cc(C)c(CC(O)CCl)cc1C. The standard InChI is InChI=1S/C12H17ClO/c1-8-4-10(3)11(5-9(8)2)6-12(14)7-13/h4-5,12,14H,6-7H2,1-3H3. The molecule has 1 rings (SSSR count). The molecule has 0 radical (unpaired) electrons. The Morgan fingerprint density at radius 1 is 1.14 bits per heavy atom. The number of aryl methyl sites for hydroxylation is 3. The van der Waals surface area contributed by atoms with Crippen LogP contribution in [0, 0.1) is 20.8 Å². The number of rotatable bonds is 3. The van der Waals surface area contributed by atoms with Gasteiger partial charge in [0.15, 0.2) is 0 Å². The summed E-state index contributed by atoms with van der Waals surface area (Å²) in [6, 6.07) is 4.30. The molecule has 0 aromatic heterocycles. The molecule has 1 N–H and O–H groups in total. The summed E-state index contributed by atoms with van der Waals surface area (Å²) in [6.45, 7) is 6.26. The van der Waals surface area contributed by atoms with Gasteiger partial charge < -0.3 is 5.11 Å². The maximum Gasteiger partial charge on any atom is 0.0715 e. The van der Waals surface area contributed by atoms with Crippen LogP contribution in [-0.2, 0) is 6.42 Å². The molecular formula is C12H17ClO. The Balaban J connectivity index is 2.92. The van der Waals surface area contributed by atoms with Crippen molar-refractivity contribution in [1.82, 2.24) is 0 Å². The Bertz CT molecular complexity index is 320. The summed E-state index contributed by atoms with van der Waals surface area (Å²) in [5.41, 5.74) is 5.00. The van der Waals surface area contributed by atoms with Crippen LogP contribution in [0.1, 0.15) is 22.3 Å². The van der Waals surface area contributed by atoms with E-state index in [1.807, 2.05) is 0 Å². The van der Waals surface area contributed by atoms with Gasteiger partial charge in [0, 0.05) is 5.88 Å². The minimum absolute atomic E-state index is 0.298. The molecule has 1 nitrogen and oxygen atoms in total. The summed E-state index contributed by atoms with van der Waals surface area (Å²) in [5, 5.41) is 9.46. The lowest BCUT2D eigenvalue weighted by molar-refractivity contribution is 0.198. The molecule has 0 aliphatic rings. The highest BCUT2D eigenvalue weighted by molar-refractivity contribution is 6.18. The van der Waals surface area contributed by atoms with Crippen LogP contribution in [0.5, 0.6) is 0 Å². The van der Waals surface area contributed by atoms with Crippen molar-refractivity contribution in [3.8, 4) is 0 Å². The lowest BCUT2D eigenvalue weighted by Crippen LogP contribution is -2.13. The number of halogens is 1. The van der Waals surface area contributed by atoms with Crippen LogP contribution in [0.4, 0.5) is 0 Å². The average molecular weight is 213 g/mol. The second-order valence-electron chi connectivity index (χ2n) is 3.88. The van der Waals surface area contributed by atoms with E-state index < -0.39 is 6.10 Å². The third-order valence-corrected chi connectivity index (χ3v) is 2.94. The van der Waals surface area contributed by atoms with Gasteiger partial charge in [-0.25, -0.2) is 0 Å². The van der Waals surface area contributed by atoms with Gasteiger partial charge in [0.25, 0.3) is 0 Å². The van der Waals surface area contributed by atoms with Crippen LogP contribution >= 0.6 is 11.6 Å². The van der Waals surface area contributed by atoms with E-state index in [0.717, 1.165) is 0 Å². The second-order valence-corrected chi connectivity index (χ2v) is 4.18. The zero-order valence-electron chi connectivity index (χ0n) is 8.97. The van der Waals surface area contributed by atoms with E-state index in [9.17, 15) is 5.11 Å². The molecule has 78 valence electrons. The molecule has 0 heterocycles. The Hall–Kier alpha value is -0.530. The molecule has 0 saturated carbocycles. The summed E-state index contributed by atoms with van der Waals surface area (Å²) in [7, 11) is 0. The molecule has 1 aromatic rings. The van der Waals surface area contributed by atoms with Crippen molar-refractivity contribution in [3.63, 3.8) is 0 Å². The van der Waals surface area contributed by atoms with Gasteiger partial charge in [-0.2, -0.15) is 0 Å². The van der Waals surface area contributed by atoms with E-state index in [1.54, 1.807) is 0 Å². The molecule has 0 aliphatic carbocycles. The molecule has 0 bridgehead atoms. The third kappa shape index (κ3) is 2.73. The lowest BCUT2D eigenvalue weighted by atomic mass is 9.97. The van der Waals surface area contributed by atoms with Crippen molar-refractivity contribution in [2.24, 2.45) is 0 Å². The van der Waals surface area contributed by atoms with Gasteiger partial charge in [-0.15, -0.1) is 11.6 Å². The first-order valence-electron chi connectivity index (χ1n) is 4.85. The maximum atomic E-state index is 9.46. The molecule has 0 saturated heterocycles. The lowest BCUT2D eigenvalue weighted by Gasteiger charge is -2.12. The fourth-order valence-corrected chi connectivity index (χ4v) is 1.66. The Labute approximate surface area is 90.7 Å². The van der Waals surface area contributed by atoms with Crippen molar-refractivity contribution in [2.45, 2.75) is 33.3 Å². The predicted molar refractivity (Wildman–Crippen MR) is 61.1 cm³/mol. The Kier molecular flexibility index (Phi) is 3.97. The van der Waals surface area contributed by atoms with Gasteiger partial charge in [-0.05, 0) is 49.4 Å². The van der Waals surface area contributed by atoms with E-state index in [0.29, 0.717) is 12.3 Å². The number of alkyl halides is 1. The van der Waals surface area contributed by atoms with Crippen molar-refractivity contribution < 1.29 is 5.11 Å². The zero-order chi connectivity index (χ0) is 10.7. The van der Waals surface area contributed by atoms with Crippen LogP contribution in [0.3, 0.4) is 0 Å². The minimum Gasteiger partial charge on any atom is -0.392 e. The Morgan fingerprint density at radius 3 is 2.29 bits per heavy atom. The second kappa shape index (κ2) is 4.81. The van der Waals surface area contributed by atoms with Crippen molar-refractivity contribution in [3.05, 3.63) is 34.4 Å². The van der Waals surface area contributed by atoms with E-state index in [-0.39, 0.29) is 0 Å². The smallest absolute Gasteiger partial charge is 0.0715 e. The van der Waals surface area contributed by atoms with Crippen molar-refractivity contribution in [1.29, 1.82) is 0 Å². The quantitative estimate of drug-likeness (QED) is 0.764. The minimum atomic E-state index is -0.433. The summed E-state index contributed by atoms with van der Waals surface area (Å²) >= 11 is 5.58. The van der Waals surface area contributed by atoms with Crippen LogP contribution in [0.25, 0.3) is 0 Å². The van der Waals surface area contributed by atoms with Crippen LogP contribution in [0.2, 0.25) is 0 Å². The van der Waals surface area contributed by atoms with Crippen molar-refractivity contribution in [2.75, 3.05) is 5.88 Å². The summed E-state index contributed by atoms with van der Waals surface area (Å²) in [4.78, 5) is 0. The topological polar surface area (TPSA) is 20.2 Å². The maximum absolute atomic E-state index is 9.46. The number of hydrogen-bond donors (Lipinski definition) is 1. The molecular weight excluding hydrogens is 196 g/mol. The highest BCUT2D eigenvalue weighted by atomic mass is 35.5. The van der Waals surface area contributed by atoms with E-state index >= 15 is 0 Å². The van der Waals surface area contributed by atoms with Gasteiger partial charge >= 0.3 is 0 Å². The largest absolute Gasteiger partial charge is 0.392 e. The zero-order valence-corrected chi connectivity index (χ0v) is 9.73. The molecule has 1 unspecified atom stereocenters. The van der Waals surface area contributed by atoms with Crippen LogP contribution < -0.4 is 0 Å². The number of aliphatic hydroxyl groups is 1. The first kappa shape index (κ1) is 11.5. The molecule has 0 fully saturated rings.